The SMILES string of the molecule is COC(=O)CN(CC(=O)OC)C1CCCCC1N(CC(=O)NCCCBr)C(C)C(=O)[O-]. The maximum absolute atomic E-state index is 12.5. The second-order valence-corrected chi connectivity index (χ2v) is 8.33. The molecule has 1 aliphatic rings. The van der Waals surface area contributed by atoms with Crippen molar-refractivity contribution in [2.75, 3.05) is 45.7 Å². The fraction of sp³-hybridized carbons (Fsp3) is 0.800. The molecule has 10 nitrogen and oxygen atoms in total. The molecule has 1 aliphatic carbocycles. The molecule has 1 saturated carbocycles. The molecule has 1 rings (SSSR count). The minimum atomic E-state index is -1.29. The van der Waals surface area contributed by atoms with Crippen molar-refractivity contribution in [1.29, 1.82) is 0 Å². The summed E-state index contributed by atoms with van der Waals surface area (Å²) >= 11 is 3.30. The number of ether oxygens (including phenoxy) is 2. The van der Waals surface area contributed by atoms with Gasteiger partial charge in [-0.25, -0.2) is 0 Å². The zero-order chi connectivity index (χ0) is 23.4. The summed E-state index contributed by atoms with van der Waals surface area (Å²) in [5.74, 6) is -2.60. The number of methoxy groups -OCH3 is 2. The number of hydrogen-bond acceptors (Lipinski definition) is 9. The van der Waals surface area contributed by atoms with E-state index in [1.165, 1.54) is 21.1 Å². The van der Waals surface area contributed by atoms with Gasteiger partial charge in [-0.2, -0.15) is 0 Å². The van der Waals surface area contributed by atoms with Gasteiger partial charge in [0.2, 0.25) is 5.91 Å². The summed E-state index contributed by atoms with van der Waals surface area (Å²) in [5, 5.41) is 15.2. The first kappa shape index (κ1) is 27.3. The number of carbonyl (C=O) groups is 4. The van der Waals surface area contributed by atoms with Gasteiger partial charge in [0.15, 0.2) is 0 Å². The molecule has 0 saturated heterocycles. The third-order valence-corrected chi connectivity index (χ3v) is 6.07. The third kappa shape index (κ3) is 9.12. The molecule has 0 aliphatic heterocycles. The van der Waals surface area contributed by atoms with Gasteiger partial charge in [0.05, 0.1) is 39.8 Å². The van der Waals surface area contributed by atoms with Crippen molar-refractivity contribution in [2.45, 2.75) is 57.2 Å². The van der Waals surface area contributed by atoms with Crippen molar-refractivity contribution >= 4 is 39.7 Å². The highest BCUT2D eigenvalue weighted by Gasteiger charge is 2.38. The lowest BCUT2D eigenvalue weighted by molar-refractivity contribution is -0.311. The summed E-state index contributed by atoms with van der Waals surface area (Å²) in [6.45, 7) is 1.55. The predicted octanol–water partition coefficient (Wildman–Crippen LogP) is -0.713. The number of carboxylic acids is 1. The number of alkyl halides is 1. The highest BCUT2D eigenvalue weighted by molar-refractivity contribution is 9.09. The van der Waals surface area contributed by atoms with Crippen LogP contribution in [0.5, 0.6) is 0 Å². The Hall–Kier alpha value is -1.72. The van der Waals surface area contributed by atoms with Crippen LogP contribution in [-0.4, -0.2) is 97.5 Å². The molecular formula is C20H33BrN3O7-. The van der Waals surface area contributed by atoms with Crippen LogP contribution in [-0.2, 0) is 28.7 Å². The van der Waals surface area contributed by atoms with Crippen molar-refractivity contribution in [2.24, 2.45) is 0 Å². The summed E-state index contributed by atoms with van der Waals surface area (Å²) in [7, 11) is 2.53. The molecule has 0 aromatic heterocycles. The molecule has 0 spiro atoms. The van der Waals surface area contributed by atoms with Crippen LogP contribution >= 0.6 is 15.9 Å². The van der Waals surface area contributed by atoms with Crippen LogP contribution in [0.3, 0.4) is 0 Å². The Morgan fingerprint density at radius 3 is 2.06 bits per heavy atom. The molecule has 3 atom stereocenters. The van der Waals surface area contributed by atoms with Crippen molar-refractivity contribution in [3.05, 3.63) is 0 Å². The molecule has 0 aromatic rings. The summed E-state index contributed by atoms with van der Waals surface area (Å²) in [6, 6.07) is -1.72. The lowest BCUT2D eigenvalue weighted by Crippen LogP contribution is -2.61. The molecule has 1 fully saturated rings. The molecule has 0 radical (unpaired) electrons. The Labute approximate surface area is 191 Å². The minimum Gasteiger partial charge on any atom is -0.548 e. The lowest BCUT2D eigenvalue weighted by Gasteiger charge is -2.46. The van der Waals surface area contributed by atoms with Gasteiger partial charge in [0, 0.05) is 30.0 Å². The van der Waals surface area contributed by atoms with E-state index in [1.54, 1.807) is 9.80 Å². The number of nitrogens with one attached hydrogen (secondary N) is 1. The highest BCUT2D eigenvalue weighted by Crippen LogP contribution is 2.28. The van der Waals surface area contributed by atoms with Crippen molar-refractivity contribution in [3.8, 4) is 0 Å². The number of amides is 1. The number of rotatable bonds is 13. The number of nitrogens with zero attached hydrogens (tertiary/aromatic N) is 2. The first-order valence-electron chi connectivity index (χ1n) is 10.4. The van der Waals surface area contributed by atoms with E-state index in [1.807, 2.05) is 0 Å². The number of hydrogen-bond donors (Lipinski definition) is 1. The largest absolute Gasteiger partial charge is 0.548 e. The predicted molar refractivity (Wildman–Crippen MR) is 114 cm³/mol. The summed E-state index contributed by atoms with van der Waals surface area (Å²) in [4.78, 5) is 51.4. The Bertz CT molecular complexity index is 602. The first-order valence-corrected chi connectivity index (χ1v) is 11.5. The Kier molecular flexibility index (Phi) is 12.7. The summed E-state index contributed by atoms with van der Waals surface area (Å²) < 4.78 is 9.54. The normalized spacial score (nSPS) is 19.7. The van der Waals surface area contributed by atoms with E-state index in [-0.39, 0.29) is 37.6 Å². The quantitative estimate of drug-likeness (QED) is 0.195. The second kappa shape index (κ2) is 14.4. The van der Waals surface area contributed by atoms with Crippen molar-refractivity contribution in [3.63, 3.8) is 0 Å². The average Bonchev–Trinajstić information content (AvgIpc) is 2.76. The van der Waals surface area contributed by atoms with Crippen molar-refractivity contribution < 1.29 is 33.8 Å². The van der Waals surface area contributed by atoms with Crippen LogP contribution in [0.15, 0.2) is 0 Å². The zero-order valence-corrected chi connectivity index (χ0v) is 20.0. The third-order valence-electron chi connectivity index (χ3n) is 5.51. The minimum absolute atomic E-state index is 0.122. The van der Waals surface area contributed by atoms with E-state index in [0.29, 0.717) is 19.4 Å². The maximum Gasteiger partial charge on any atom is 0.319 e. The lowest BCUT2D eigenvalue weighted by atomic mass is 9.87. The van der Waals surface area contributed by atoms with Gasteiger partial charge >= 0.3 is 11.9 Å². The fourth-order valence-electron chi connectivity index (χ4n) is 3.85. The van der Waals surface area contributed by atoms with E-state index in [4.69, 9.17) is 9.47 Å². The first-order chi connectivity index (χ1) is 14.7. The standard InChI is InChI=1S/C20H34BrN3O7/c1-14(20(28)29)24(11-17(25)22-10-6-9-21)16-8-5-4-7-15(16)23(12-18(26)30-2)13-19(27)31-3/h14-16H,4-13H2,1-3H3,(H,22,25)(H,28,29)/p-1. The second-order valence-electron chi connectivity index (χ2n) is 7.54. The average molecular weight is 507 g/mol. The molecule has 31 heavy (non-hydrogen) atoms. The van der Waals surface area contributed by atoms with E-state index in [9.17, 15) is 24.3 Å². The van der Waals surface area contributed by atoms with Crippen LogP contribution in [0.25, 0.3) is 0 Å². The Morgan fingerprint density at radius 2 is 1.58 bits per heavy atom. The van der Waals surface area contributed by atoms with Gasteiger partial charge in [0.1, 0.15) is 0 Å². The number of carboxylic acid groups (broad SMARTS) is 1. The number of esters is 2. The number of halogens is 1. The summed E-state index contributed by atoms with van der Waals surface area (Å²) in [5.41, 5.74) is 0. The van der Waals surface area contributed by atoms with Crippen LogP contribution in [0.1, 0.15) is 39.0 Å². The smallest absolute Gasteiger partial charge is 0.319 e. The molecule has 3 unspecified atom stereocenters. The van der Waals surface area contributed by atoms with E-state index in [0.717, 1.165) is 24.6 Å². The Morgan fingerprint density at radius 1 is 1.03 bits per heavy atom. The molecule has 0 bridgehead atoms. The molecule has 0 aromatic carbocycles. The number of aliphatic carboxylic acids is 1. The zero-order valence-electron chi connectivity index (χ0n) is 18.4. The van der Waals surface area contributed by atoms with Gasteiger partial charge in [-0.05, 0) is 26.2 Å². The molecule has 0 heterocycles. The molecule has 11 heteroatoms. The fourth-order valence-corrected chi connectivity index (χ4v) is 4.13. The maximum atomic E-state index is 12.5. The van der Waals surface area contributed by atoms with Gasteiger partial charge in [0.25, 0.3) is 0 Å². The van der Waals surface area contributed by atoms with Crippen LogP contribution in [0.2, 0.25) is 0 Å². The van der Waals surface area contributed by atoms with Crippen LogP contribution < -0.4 is 10.4 Å². The topological polar surface area (TPSA) is 128 Å². The molecule has 1 N–H and O–H groups in total. The van der Waals surface area contributed by atoms with Crippen LogP contribution in [0.4, 0.5) is 0 Å². The summed E-state index contributed by atoms with van der Waals surface area (Å²) in [6.07, 6.45) is 3.70. The van der Waals surface area contributed by atoms with Gasteiger partial charge in [-0.3, -0.25) is 24.2 Å². The highest BCUT2D eigenvalue weighted by atomic mass is 79.9. The molecular weight excluding hydrogens is 474 g/mol. The van der Waals surface area contributed by atoms with Gasteiger partial charge < -0.3 is 24.7 Å². The van der Waals surface area contributed by atoms with Gasteiger partial charge in [-0.15, -0.1) is 0 Å². The monoisotopic (exact) mass is 506 g/mol. The van der Waals surface area contributed by atoms with E-state index < -0.39 is 23.9 Å². The van der Waals surface area contributed by atoms with E-state index >= 15 is 0 Å². The van der Waals surface area contributed by atoms with Crippen molar-refractivity contribution in [1.82, 2.24) is 15.1 Å². The number of carbonyl (C=O) groups excluding carboxylic acids is 4. The van der Waals surface area contributed by atoms with E-state index in [2.05, 4.69) is 21.2 Å². The van der Waals surface area contributed by atoms with Crippen LogP contribution in [0, 0.1) is 0 Å². The molecule has 1 amide bonds. The van der Waals surface area contributed by atoms with Gasteiger partial charge in [-0.1, -0.05) is 28.8 Å². The molecule has 178 valence electrons. The Balaban J connectivity index is 3.14.